The van der Waals surface area contributed by atoms with Gasteiger partial charge in [0.25, 0.3) is 0 Å². The van der Waals surface area contributed by atoms with Gasteiger partial charge in [-0.1, -0.05) is 12.2 Å². The molecule has 0 aliphatic carbocycles. The fourth-order valence-electron chi connectivity index (χ4n) is 0.599. The topological polar surface area (TPSA) is 20.2 Å². The average molecular weight is 140 g/mol. The van der Waals surface area contributed by atoms with Gasteiger partial charge in [0.2, 0.25) is 0 Å². The summed E-state index contributed by atoms with van der Waals surface area (Å²) in [4.78, 5) is 0. The van der Waals surface area contributed by atoms with Crippen LogP contribution in [0.2, 0.25) is 0 Å². The Bertz CT molecular complexity index is 123. The number of aliphatic hydroxyl groups excluding tert-OH is 1. The van der Waals surface area contributed by atoms with Crippen molar-refractivity contribution in [3.63, 3.8) is 0 Å². The van der Waals surface area contributed by atoms with Gasteiger partial charge >= 0.3 is 0 Å². The van der Waals surface area contributed by atoms with E-state index in [-0.39, 0.29) is 6.10 Å². The van der Waals surface area contributed by atoms with Gasteiger partial charge in [-0.15, -0.1) is 6.58 Å². The van der Waals surface area contributed by atoms with Gasteiger partial charge in [0.1, 0.15) is 0 Å². The smallest absolute Gasteiger partial charge is 0.0719 e. The maximum absolute atomic E-state index is 9.03. The molecule has 0 saturated heterocycles. The third kappa shape index (κ3) is 4.33. The molecule has 0 fully saturated rings. The molecule has 0 aromatic heterocycles. The second kappa shape index (κ2) is 5.24. The zero-order chi connectivity index (χ0) is 7.98. The SMILES string of the molecule is C=CCCC=C(C)C(C)O. The van der Waals surface area contributed by atoms with Crippen molar-refractivity contribution in [3.8, 4) is 0 Å². The fraction of sp³-hybridized carbons (Fsp3) is 0.556. The van der Waals surface area contributed by atoms with Crippen molar-refractivity contribution in [1.82, 2.24) is 0 Å². The first kappa shape index (κ1) is 9.44. The highest BCUT2D eigenvalue weighted by Gasteiger charge is 1.94. The van der Waals surface area contributed by atoms with Gasteiger partial charge in [-0.25, -0.2) is 0 Å². The van der Waals surface area contributed by atoms with Gasteiger partial charge in [0.15, 0.2) is 0 Å². The summed E-state index contributed by atoms with van der Waals surface area (Å²) in [6.45, 7) is 7.33. The van der Waals surface area contributed by atoms with Crippen LogP contribution in [0.15, 0.2) is 24.3 Å². The van der Waals surface area contributed by atoms with E-state index in [0.29, 0.717) is 0 Å². The molecule has 0 bridgehead atoms. The lowest BCUT2D eigenvalue weighted by Gasteiger charge is -2.02. The molecule has 0 aliphatic rings. The molecular weight excluding hydrogens is 124 g/mol. The predicted octanol–water partition coefficient (Wildman–Crippen LogP) is 2.28. The minimum atomic E-state index is -0.301. The molecule has 0 aromatic carbocycles. The van der Waals surface area contributed by atoms with E-state index in [4.69, 9.17) is 5.11 Å². The average Bonchev–Trinajstić information content (AvgIpc) is 1.88. The van der Waals surface area contributed by atoms with Crippen LogP contribution < -0.4 is 0 Å². The van der Waals surface area contributed by atoms with Gasteiger partial charge in [0, 0.05) is 0 Å². The maximum atomic E-state index is 9.03. The molecule has 1 atom stereocenters. The molecule has 1 unspecified atom stereocenters. The van der Waals surface area contributed by atoms with Gasteiger partial charge in [-0.3, -0.25) is 0 Å². The van der Waals surface area contributed by atoms with Crippen LogP contribution in [0, 0.1) is 0 Å². The highest BCUT2D eigenvalue weighted by molar-refractivity contribution is 5.02. The van der Waals surface area contributed by atoms with E-state index in [9.17, 15) is 0 Å². The van der Waals surface area contributed by atoms with Gasteiger partial charge in [0.05, 0.1) is 6.10 Å². The Hall–Kier alpha value is -0.560. The second-order valence-corrected chi connectivity index (χ2v) is 2.49. The highest BCUT2D eigenvalue weighted by Crippen LogP contribution is 2.02. The number of unbranched alkanes of at least 4 members (excludes halogenated alkanes) is 1. The molecule has 0 amide bonds. The van der Waals surface area contributed by atoms with E-state index in [1.165, 1.54) is 0 Å². The van der Waals surface area contributed by atoms with Crippen molar-refractivity contribution in [3.05, 3.63) is 24.3 Å². The molecule has 0 spiro atoms. The molecule has 0 saturated carbocycles. The summed E-state index contributed by atoms with van der Waals surface area (Å²) < 4.78 is 0. The number of aliphatic hydroxyl groups is 1. The van der Waals surface area contributed by atoms with Crippen LogP contribution in [-0.2, 0) is 0 Å². The van der Waals surface area contributed by atoms with Crippen LogP contribution in [0.4, 0.5) is 0 Å². The maximum Gasteiger partial charge on any atom is 0.0719 e. The van der Waals surface area contributed by atoms with Crippen LogP contribution >= 0.6 is 0 Å². The fourth-order valence-corrected chi connectivity index (χ4v) is 0.599. The first-order chi connectivity index (χ1) is 4.68. The molecular formula is C9H16O. The van der Waals surface area contributed by atoms with E-state index < -0.39 is 0 Å². The number of allylic oxidation sites excluding steroid dienone is 2. The van der Waals surface area contributed by atoms with Crippen molar-refractivity contribution < 1.29 is 5.11 Å². The van der Waals surface area contributed by atoms with Crippen LogP contribution in [0.5, 0.6) is 0 Å². The summed E-state index contributed by atoms with van der Waals surface area (Å²) in [6, 6.07) is 0. The zero-order valence-corrected chi connectivity index (χ0v) is 6.80. The normalized spacial score (nSPS) is 14.9. The van der Waals surface area contributed by atoms with E-state index in [2.05, 4.69) is 6.58 Å². The Kier molecular flexibility index (Phi) is 4.95. The lowest BCUT2D eigenvalue weighted by Crippen LogP contribution is -2.00. The summed E-state index contributed by atoms with van der Waals surface area (Å²) in [7, 11) is 0. The summed E-state index contributed by atoms with van der Waals surface area (Å²) in [5.74, 6) is 0. The molecule has 1 N–H and O–H groups in total. The summed E-state index contributed by atoms with van der Waals surface area (Å²) >= 11 is 0. The predicted molar refractivity (Wildman–Crippen MR) is 44.9 cm³/mol. The van der Waals surface area contributed by atoms with Crippen molar-refractivity contribution in [1.29, 1.82) is 0 Å². The van der Waals surface area contributed by atoms with Crippen molar-refractivity contribution >= 4 is 0 Å². The molecule has 0 rings (SSSR count). The Morgan fingerprint density at radius 2 is 2.20 bits per heavy atom. The second-order valence-electron chi connectivity index (χ2n) is 2.49. The van der Waals surface area contributed by atoms with Crippen LogP contribution in [0.25, 0.3) is 0 Å². The van der Waals surface area contributed by atoms with Gasteiger partial charge in [-0.05, 0) is 32.3 Å². The third-order valence-electron chi connectivity index (χ3n) is 1.50. The monoisotopic (exact) mass is 140 g/mol. The molecule has 1 nitrogen and oxygen atoms in total. The number of hydrogen-bond acceptors (Lipinski definition) is 1. The largest absolute Gasteiger partial charge is 0.389 e. The van der Waals surface area contributed by atoms with Gasteiger partial charge < -0.3 is 5.11 Å². The molecule has 0 radical (unpaired) electrons. The molecule has 0 heterocycles. The minimum Gasteiger partial charge on any atom is -0.389 e. The lowest BCUT2D eigenvalue weighted by molar-refractivity contribution is 0.231. The number of rotatable bonds is 4. The Morgan fingerprint density at radius 3 is 2.60 bits per heavy atom. The molecule has 0 aliphatic heterocycles. The van der Waals surface area contributed by atoms with Gasteiger partial charge in [-0.2, -0.15) is 0 Å². The van der Waals surface area contributed by atoms with E-state index in [1.807, 2.05) is 19.1 Å². The molecule has 0 aromatic rings. The molecule has 58 valence electrons. The van der Waals surface area contributed by atoms with E-state index in [0.717, 1.165) is 18.4 Å². The van der Waals surface area contributed by atoms with Crippen LogP contribution in [-0.4, -0.2) is 11.2 Å². The first-order valence-corrected chi connectivity index (χ1v) is 3.64. The summed E-state index contributed by atoms with van der Waals surface area (Å²) in [6.07, 6.45) is 5.60. The molecule has 1 heteroatoms. The van der Waals surface area contributed by atoms with Crippen molar-refractivity contribution in [2.45, 2.75) is 32.8 Å². The van der Waals surface area contributed by atoms with Crippen molar-refractivity contribution in [2.75, 3.05) is 0 Å². The highest BCUT2D eigenvalue weighted by atomic mass is 16.3. The standard InChI is InChI=1S/C9H16O/c1-4-5-6-7-8(2)9(3)10/h4,7,9-10H,1,5-6H2,2-3H3. The Balaban J connectivity index is 3.57. The summed E-state index contributed by atoms with van der Waals surface area (Å²) in [5.41, 5.74) is 1.04. The Labute approximate surface area is 63.1 Å². The van der Waals surface area contributed by atoms with Crippen LogP contribution in [0.3, 0.4) is 0 Å². The van der Waals surface area contributed by atoms with E-state index in [1.54, 1.807) is 6.92 Å². The Morgan fingerprint density at radius 1 is 1.60 bits per heavy atom. The molecule has 10 heavy (non-hydrogen) atoms. The minimum absolute atomic E-state index is 0.301. The zero-order valence-electron chi connectivity index (χ0n) is 6.80. The summed E-state index contributed by atoms with van der Waals surface area (Å²) in [5, 5.41) is 9.03. The quantitative estimate of drug-likeness (QED) is 0.469. The number of hydrogen-bond donors (Lipinski definition) is 1. The van der Waals surface area contributed by atoms with Crippen LogP contribution in [0.1, 0.15) is 26.7 Å². The van der Waals surface area contributed by atoms with Crippen molar-refractivity contribution in [2.24, 2.45) is 0 Å². The first-order valence-electron chi connectivity index (χ1n) is 3.64. The third-order valence-corrected chi connectivity index (χ3v) is 1.50. The van der Waals surface area contributed by atoms with E-state index >= 15 is 0 Å². The lowest BCUT2D eigenvalue weighted by atomic mass is 10.1.